The number of carbonyl (C=O) groups excluding carboxylic acids is 1. The first-order chi connectivity index (χ1) is 13.4. The van der Waals surface area contributed by atoms with Gasteiger partial charge in [0.15, 0.2) is 0 Å². The second-order valence-electron chi connectivity index (χ2n) is 5.84. The van der Waals surface area contributed by atoms with Crippen molar-refractivity contribution in [2.24, 2.45) is 0 Å². The molecule has 0 bridgehead atoms. The standard InChI is InChI=1S/C18H17BrN4O4S/c1-27-18(24)15-9-14(7-8-16(15)19)28(25,26)22-17(10-23-12-20-11-21-23)13-5-3-2-4-6-13/h2-9,11-12,17,22H,10H2,1H3. The van der Waals surface area contributed by atoms with Crippen LogP contribution in [0.4, 0.5) is 0 Å². The Kier molecular flexibility index (Phi) is 6.22. The molecule has 0 amide bonds. The summed E-state index contributed by atoms with van der Waals surface area (Å²) >= 11 is 3.23. The Labute approximate surface area is 170 Å². The fraction of sp³-hybridized carbons (Fsp3) is 0.167. The molecule has 1 N–H and O–H groups in total. The monoisotopic (exact) mass is 464 g/mol. The molecule has 0 radical (unpaired) electrons. The van der Waals surface area contributed by atoms with E-state index in [1.165, 1.54) is 38.0 Å². The van der Waals surface area contributed by atoms with Crippen molar-refractivity contribution in [3.63, 3.8) is 0 Å². The van der Waals surface area contributed by atoms with Crippen molar-refractivity contribution in [3.8, 4) is 0 Å². The molecule has 0 saturated carbocycles. The fourth-order valence-electron chi connectivity index (χ4n) is 2.60. The number of ether oxygens (including phenoxy) is 1. The molecule has 10 heteroatoms. The minimum absolute atomic E-state index is 0.0457. The van der Waals surface area contributed by atoms with Crippen LogP contribution in [0.5, 0.6) is 0 Å². The average Bonchev–Trinajstić information content (AvgIpc) is 3.20. The van der Waals surface area contributed by atoms with Gasteiger partial charge in [-0.2, -0.15) is 5.10 Å². The van der Waals surface area contributed by atoms with Crippen LogP contribution >= 0.6 is 15.9 Å². The van der Waals surface area contributed by atoms with Crippen LogP contribution in [0.1, 0.15) is 22.0 Å². The highest BCUT2D eigenvalue weighted by Crippen LogP contribution is 2.24. The van der Waals surface area contributed by atoms with Crippen LogP contribution in [-0.4, -0.2) is 36.3 Å². The van der Waals surface area contributed by atoms with E-state index in [2.05, 4.69) is 30.7 Å². The lowest BCUT2D eigenvalue weighted by atomic mass is 10.1. The second-order valence-corrected chi connectivity index (χ2v) is 8.40. The van der Waals surface area contributed by atoms with E-state index in [1.54, 1.807) is 4.68 Å². The van der Waals surface area contributed by atoms with Crippen LogP contribution < -0.4 is 4.72 Å². The predicted molar refractivity (Wildman–Crippen MR) is 105 cm³/mol. The summed E-state index contributed by atoms with van der Waals surface area (Å²) in [7, 11) is -2.70. The number of halogens is 1. The molecule has 1 unspecified atom stereocenters. The third-order valence-corrected chi connectivity index (χ3v) is 6.15. The SMILES string of the molecule is COC(=O)c1cc(S(=O)(=O)NC(Cn2cncn2)c2ccccc2)ccc1Br. The molecule has 0 aliphatic heterocycles. The Balaban J connectivity index is 1.94. The van der Waals surface area contributed by atoms with Crippen molar-refractivity contribution in [1.29, 1.82) is 0 Å². The first-order valence-electron chi connectivity index (χ1n) is 8.18. The van der Waals surface area contributed by atoms with Gasteiger partial charge in [-0.1, -0.05) is 30.3 Å². The zero-order chi connectivity index (χ0) is 20.1. The van der Waals surface area contributed by atoms with E-state index in [0.29, 0.717) is 4.47 Å². The number of nitrogens with one attached hydrogen (secondary N) is 1. The Morgan fingerprint density at radius 2 is 2.00 bits per heavy atom. The zero-order valence-electron chi connectivity index (χ0n) is 14.8. The largest absolute Gasteiger partial charge is 0.465 e. The highest BCUT2D eigenvalue weighted by atomic mass is 79.9. The minimum atomic E-state index is -3.93. The van der Waals surface area contributed by atoms with Crippen molar-refractivity contribution in [3.05, 3.63) is 76.8 Å². The van der Waals surface area contributed by atoms with Gasteiger partial charge >= 0.3 is 5.97 Å². The molecule has 0 aliphatic rings. The molecule has 0 saturated heterocycles. The Bertz CT molecular complexity index is 1060. The summed E-state index contributed by atoms with van der Waals surface area (Å²) in [6, 6.07) is 12.7. The van der Waals surface area contributed by atoms with E-state index in [1.807, 2.05) is 30.3 Å². The molecule has 28 heavy (non-hydrogen) atoms. The molecule has 1 aromatic heterocycles. The van der Waals surface area contributed by atoms with E-state index in [0.717, 1.165) is 5.56 Å². The van der Waals surface area contributed by atoms with Crippen molar-refractivity contribution in [2.75, 3.05) is 7.11 Å². The lowest BCUT2D eigenvalue weighted by Crippen LogP contribution is -2.32. The predicted octanol–water partition coefficient (Wildman–Crippen LogP) is 2.55. The van der Waals surface area contributed by atoms with Gasteiger partial charge in [0.2, 0.25) is 10.0 Å². The van der Waals surface area contributed by atoms with Gasteiger partial charge in [-0.25, -0.2) is 22.9 Å². The van der Waals surface area contributed by atoms with Gasteiger partial charge in [0.05, 0.1) is 30.2 Å². The molecule has 1 atom stereocenters. The summed E-state index contributed by atoms with van der Waals surface area (Å²) in [4.78, 5) is 15.7. The van der Waals surface area contributed by atoms with Crippen LogP contribution in [0, 0.1) is 0 Å². The van der Waals surface area contributed by atoms with Crippen molar-refractivity contribution < 1.29 is 17.9 Å². The summed E-state index contributed by atoms with van der Waals surface area (Å²) in [5.41, 5.74) is 0.893. The van der Waals surface area contributed by atoms with Gasteiger partial charge in [0, 0.05) is 4.47 Å². The van der Waals surface area contributed by atoms with Gasteiger partial charge in [0.1, 0.15) is 12.7 Å². The molecular formula is C18H17BrN4O4S. The van der Waals surface area contributed by atoms with Crippen LogP contribution in [0.15, 0.2) is 70.6 Å². The lowest BCUT2D eigenvalue weighted by molar-refractivity contribution is 0.0599. The van der Waals surface area contributed by atoms with E-state index in [4.69, 9.17) is 4.74 Å². The first kappa shape index (κ1) is 20.2. The average molecular weight is 465 g/mol. The van der Waals surface area contributed by atoms with Gasteiger partial charge in [-0.05, 0) is 39.7 Å². The summed E-state index contributed by atoms with van der Waals surface area (Å²) in [6.45, 7) is 0.254. The Morgan fingerprint density at radius 1 is 1.25 bits per heavy atom. The van der Waals surface area contributed by atoms with Gasteiger partial charge in [0.25, 0.3) is 0 Å². The molecule has 1 heterocycles. The van der Waals surface area contributed by atoms with E-state index in [-0.39, 0.29) is 17.0 Å². The number of hydrogen-bond donors (Lipinski definition) is 1. The third-order valence-electron chi connectivity index (χ3n) is 3.99. The van der Waals surface area contributed by atoms with Gasteiger partial charge in [-0.15, -0.1) is 0 Å². The smallest absolute Gasteiger partial charge is 0.339 e. The van der Waals surface area contributed by atoms with Crippen LogP contribution in [0.2, 0.25) is 0 Å². The summed E-state index contributed by atoms with van der Waals surface area (Å²) < 4.78 is 35.4. The number of sulfonamides is 1. The fourth-order valence-corrected chi connectivity index (χ4v) is 4.25. The summed E-state index contributed by atoms with van der Waals surface area (Å²) in [6.07, 6.45) is 2.90. The highest BCUT2D eigenvalue weighted by Gasteiger charge is 2.24. The highest BCUT2D eigenvalue weighted by molar-refractivity contribution is 9.10. The molecule has 0 spiro atoms. The number of hydrogen-bond acceptors (Lipinski definition) is 6. The number of esters is 1. The molecule has 3 aromatic rings. The number of nitrogens with zero attached hydrogens (tertiary/aromatic N) is 3. The Hall–Kier alpha value is -2.56. The molecule has 3 rings (SSSR count). The van der Waals surface area contributed by atoms with E-state index in [9.17, 15) is 13.2 Å². The third kappa shape index (κ3) is 4.64. The van der Waals surface area contributed by atoms with Crippen LogP contribution in [0.3, 0.4) is 0 Å². The van der Waals surface area contributed by atoms with E-state index < -0.39 is 22.0 Å². The number of carbonyl (C=O) groups is 1. The maximum absolute atomic E-state index is 13.0. The number of rotatable bonds is 7. The lowest BCUT2D eigenvalue weighted by Gasteiger charge is -2.19. The molecular weight excluding hydrogens is 448 g/mol. The number of benzene rings is 2. The van der Waals surface area contributed by atoms with Crippen molar-refractivity contribution >= 4 is 31.9 Å². The maximum Gasteiger partial charge on any atom is 0.339 e. The number of methoxy groups -OCH3 is 1. The normalized spacial score (nSPS) is 12.5. The molecule has 8 nitrogen and oxygen atoms in total. The zero-order valence-corrected chi connectivity index (χ0v) is 17.2. The minimum Gasteiger partial charge on any atom is -0.465 e. The van der Waals surface area contributed by atoms with Crippen LogP contribution in [-0.2, 0) is 21.3 Å². The topological polar surface area (TPSA) is 103 Å². The maximum atomic E-state index is 13.0. The summed E-state index contributed by atoms with van der Waals surface area (Å²) in [5.74, 6) is -0.633. The first-order valence-corrected chi connectivity index (χ1v) is 10.5. The van der Waals surface area contributed by atoms with Gasteiger partial charge < -0.3 is 4.74 Å². The van der Waals surface area contributed by atoms with Crippen LogP contribution in [0.25, 0.3) is 0 Å². The second kappa shape index (κ2) is 8.63. The Morgan fingerprint density at radius 3 is 2.64 bits per heavy atom. The van der Waals surface area contributed by atoms with Crippen molar-refractivity contribution in [1.82, 2.24) is 19.5 Å². The van der Waals surface area contributed by atoms with E-state index >= 15 is 0 Å². The molecule has 2 aromatic carbocycles. The van der Waals surface area contributed by atoms with Crippen molar-refractivity contribution in [2.45, 2.75) is 17.5 Å². The molecule has 0 fully saturated rings. The summed E-state index contributed by atoms with van der Waals surface area (Å²) in [5, 5.41) is 4.05. The number of aromatic nitrogens is 3. The quantitative estimate of drug-likeness (QED) is 0.538. The van der Waals surface area contributed by atoms with Gasteiger partial charge in [-0.3, -0.25) is 4.68 Å². The molecule has 0 aliphatic carbocycles. The molecule has 146 valence electrons.